The van der Waals surface area contributed by atoms with E-state index in [1.54, 1.807) is 9.58 Å². The maximum Gasteiger partial charge on any atom is 0.402 e. The van der Waals surface area contributed by atoms with E-state index < -0.39 is 48.2 Å². The monoisotopic (exact) mass is 559 g/mol. The summed E-state index contributed by atoms with van der Waals surface area (Å²) >= 11 is 0. The van der Waals surface area contributed by atoms with Crippen LogP contribution < -0.4 is 10.2 Å². The summed E-state index contributed by atoms with van der Waals surface area (Å²) in [6.45, 7) is 4.65. The minimum absolute atomic E-state index is 0.0676. The van der Waals surface area contributed by atoms with Crippen molar-refractivity contribution in [2.45, 2.75) is 57.3 Å². The van der Waals surface area contributed by atoms with Crippen molar-refractivity contribution in [3.63, 3.8) is 0 Å². The average molecular weight is 560 g/mol. The number of carbonyl (C=O) groups is 1. The Morgan fingerprint density at radius 1 is 1.10 bits per heavy atom. The van der Waals surface area contributed by atoms with Crippen LogP contribution in [0.15, 0.2) is 30.5 Å². The SMILES string of the molecule is CCn1cc(CN2CC3C(C(=O)O)NC(C(C(F)(F)F)C(F)(F)F)C3C2)c(-c2cccc(N3CCCC3)c2)n1. The third-order valence-electron chi connectivity index (χ3n) is 8.23. The lowest BCUT2D eigenvalue weighted by atomic mass is 9.84. The summed E-state index contributed by atoms with van der Waals surface area (Å²) in [5, 5.41) is 16.5. The van der Waals surface area contributed by atoms with E-state index in [9.17, 15) is 36.2 Å². The highest BCUT2D eigenvalue weighted by Gasteiger charge is 2.66. The number of rotatable bonds is 7. The van der Waals surface area contributed by atoms with Crippen LogP contribution in [0.1, 0.15) is 25.3 Å². The van der Waals surface area contributed by atoms with Crippen molar-refractivity contribution < 1.29 is 36.2 Å². The van der Waals surface area contributed by atoms with Gasteiger partial charge in [-0.1, -0.05) is 12.1 Å². The van der Waals surface area contributed by atoms with E-state index in [0.29, 0.717) is 12.2 Å². The number of hydrogen-bond acceptors (Lipinski definition) is 5. The van der Waals surface area contributed by atoms with Crippen LogP contribution in [0.3, 0.4) is 0 Å². The number of benzene rings is 1. The quantitative estimate of drug-likeness (QED) is 0.491. The fourth-order valence-electron chi connectivity index (χ4n) is 6.50. The third-order valence-corrected chi connectivity index (χ3v) is 8.23. The highest BCUT2D eigenvalue weighted by Crippen LogP contribution is 2.48. The molecule has 7 nitrogen and oxygen atoms in total. The van der Waals surface area contributed by atoms with Gasteiger partial charge in [0.05, 0.1) is 5.69 Å². The number of nitrogens with zero attached hydrogens (tertiary/aromatic N) is 4. The number of fused-ring (bicyclic) bond motifs is 1. The smallest absolute Gasteiger partial charge is 0.402 e. The van der Waals surface area contributed by atoms with E-state index in [2.05, 4.69) is 10.2 Å². The summed E-state index contributed by atoms with van der Waals surface area (Å²) < 4.78 is 83.3. The molecule has 39 heavy (non-hydrogen) atoms. The summed E-state index contributed by atoms with van der Waals surface area (Å²) in [4.78, 5) is 15.9. The van der Waals surface area contributed by atoms with Crippen molar-refractivity contribution in [2.75, 3.05) is 31.1 Å². The van der Waals surface area contributed by atoms with Crippen LogP contribution in [-0.4, -0.2) is 76.4 Å². The highest BCUT2D eigenvalue weighted by molar-refractivity contribution is 5.75. The Labute approximate surface area is 221 Å². The molecule has 2 N–H and O–H groups in total. The number of likely N-dealkylation sites (tertiary alicyclic amines) is 1. The Bertz CT molecular complexity index is 1180. The number of carboxylic acids is 1. The fourth-order valence-corrected chi connectivity index (χ4v) is 6.50. The summed E-state index contributed by atoms with van der Waals surface area (Å²) in [5.41, 5.74) is 3.43. The molecule has 1 aromatic carbocycles. The second-order valence-corrected chi connectivity index (χ2v) is 10.7. The lowest BCUT2D eigenvalue weighted by molar-refractivity contribution is -0.293. The Morgan fingerprint density at radius 3 is 2.38 bits per heavy atom. The highest BCUT2D eigenvalue weighted by atomic mass is 19.4. The molecule has 3 aliphatic heterocycles. The van der Waals surface area contributed by atoms with Crippen molar-refractivity contribution in [3.8, 4) is 11.3 Å². The Morgan fingerprint density at radius 2 is 1.77 bits per heavy atom. The van der Waals surface area contributed by atoms with Gasteiger partial charge in [-0.05, 0) is 37.8 Å². The number of aliphatic carboxylic acids is 1. The van der Waals surface area contributed by atoms with Gasteiger partial charge in [0.15, 0.2) is 5.92 Å². The molecule has 4 heterocycles. The van der Waals surface area contributed by atoms with Gasteiger partial charge in [-0.25, -0.2) is 0 Å². The third kappa shape index (κ3) is 5.47. The second-order valence-electron chi connectivity index (χ2n) is 10.7. The van der Waals surface area contributed by atoms with Gasteiger partial charge in [0.25, 0.3) is 0 Å². The minimum Gasteiger partial charge on any atom is -0.480 e. The van der Waals surface area contributed by atoms with Gasteiger partial charge in [-0.3, -0.25) is 14.4 Å². The second kappa shape index (κ2) is 10.3. The molecule has 2 aromatic rings. The molecule has 13 heteroatoms. The zero-order valence-electron chi connectivity index (χ0n) is 21.3. The van der Waals surface area contributed by atoms with E-state index in [4.69, 9.17) is 5.10 Å². The van der Waals surface area contributed by atoms with Crippen LogP contribution in [0, 0.1) is 17.8 Å². The zero-order valence-corrected chi connectivity index (χ0v) is 21.3. The molecule has 3 aliphatic rings. The van der Waals surface area contributed by atoms with Gasteiger partial charge in [-0.15, -0.1) is 0 Å². The first-order valence-electron chi connectivity index (χ1n) is 13.1. The predicted octanol–water partition coefficient (Wildman–Crippen LogP) is 4.38. The van der Waals surface area contributed by atoms with Gasteiger partial charge in [0.1, 0.15) is 6.04 Å². The first-order chi connectivity index (χ1) is 18.4. The van der Waals surface area contributed by atoms with Gasteiger partial charge in [-0.2, -0.15) is 31.4 Å². The first-order valence-corrected chi connectivity index (χ1v) is 13.1. The van der Waals surface area contributed by atoms with E-state index in [-0.39, 0.29) is 19.6 Å². The number of nitrogens with one attached hydrogen (secondary N) is 1. The maximum atomic E-state index is 13.6. The average Bonchev–Trinajstić information content (AvgIpc) is 3.63. The van der Waals surface area contributed by atoms with Crippen molar-refractivity contribution in [1.29, 1.82) is 0 Å². The predicted molar refractivity (Wildman–Crippen MR) is 131 cm³/mol. The van der Waals surface area contributed by atoms with Gasteiger partial charge < -0.3 is 15.3 Å². The van der Waals surface area contributed by atoms with Crippen LogP contribution >= 0.6 is 0 Å². The van der Waals surface area contributed by atoms with Gasteiger partial charge in [0.2, 0.25) is 0 Å². The van der Waals surface area contributed by atoms with Crippen LogP contribution in [-0.2, 0) is 17.9 Å². The molecule has 0 spiro atoms. The van der Waals surface area contributed by atoms with Crippen molar-refractivity contribution in [3.05, 3.63) is 36.0 Å². The molecule has 3 fully saturated rings. The van der Waals surface area contributed by atoms with Crippen LogP contribution in [0.5, 0.6) is 0 Å². The molecule has 3 saturated heterocycles. The first kappa shape index (κ1) is 27.8. The Balaban J connectivity index is 1.41. The number of anilines is 1. The van der Waals surface area contributed by atoms with Crippen LogP contribution in [0.2, 0.25) is 0 Å². The van der Waals surface area contributed by atoms with Gasteiger partial charge in [0, 0.05) is 74.2 Å². The number of aryl methyl sites for hydroxylation is 1. The largest absolute Gasteiger partial charge is 0.480 e. The molecule has 0 saturated carbocycles. The topological polar surface area (TPSA) is 73.6 Å². The Hall–Kier alpha value is -2.80. The normalized spacial score (nSPS) is 26.1. The number of hydrogen-bond donors (Lipinski definition) is 2. The summed E-state index contributed by atoms with van der Waals surface area (Å²) in [6, 6.07) is 4.39. The van der Waals surface area contributed by atoms with Crippen molar-refractivity contribution in [2.24, 2.45) is 17.8 Å². The van der Waals surface area contributed by atoms with E-state index in [1.165, 1.54) is 0 Å². The van der Waals surface area contributed by atoms with Crippen molar-refractivity contribution in [1.82, 2.24) is 20.0 Å². The van der Waals surface area contributed by atoms with Crippen molar-refractivity contribution >= 4 is 11.7 Å². The van der Waals surface area contributed by atoms with Crippen LogP contribution in [0.4, 0.5) is 32.0 Å². The van der Waals surface area contributed by atoms with E-state index in [1.807, 2.05) is 37.4 Å². The van der Waals surface area contributed by atoms with Crippen LogP contribution in [0.25, 0.3) is 11.3 Å². The Kier molecular flexibility index (Phi) is 7.34. The van der Waals surface area contributed by atoms with E-state index >= 15 is 0 Å². The molecule has 4 atom stereocenters. The standard InChI is InChI=1S/C26H31F6N5O2/c1-2-37-12-16(20(34-37)15-6-5-7-17(10-15)36-8-3-4-9-36)11-35-13-18-19(14-35)22(24(38)39)33-21(18)23(25(27,28)29)26(30,31)32/h5-7,10,12,18-19,21-23,33H,2-4,8-9,11,13-14H2,1H3,(H,38,39). The molecule has 5 rings (SSSR count). The molecule has 0 amide bonds. The molecule has 0 radical (unpaired) electrons. The molecule has 1 aromatic heterocycles. The summed E-state index contributed by atoms with van der Waals surface area (Å²) in [6.07, 6.45) is -7.04. The molecular weight excluding hydrogens is 528 g/mol. The lowest BCUT2D eigenvalue weighted by Gasteiger charge is -2.32. The lowest BCUT2D eigenvalue weighted by Crippen LogP contribution is -2.53. The summed E-state index contributed by atoms with van der Waals surface area (Å²) in [7, 11) is 0. The molecule has 4 unspecified atom stereocenters. The number of carboxylic acid groups (broad SMARTS) is 1. The number of alkyl halides is 6. The molecule has 214 valence electrons. The maximum absolute atomic E-state index is 13.6. The fraction of sp³-hybridized carbons (Fsp3) is 0.615. The zero-order chi connectivity index (χ0) is 28.1. The number of aromatic nitrogens is 2. The number of halogens is 6. The molecule has 0 bridgehead atoms. The van der Waals surface area contributed by atoms with Gasteiger partial charge >= 0.3 is 18.3 Å². The molecule has 0 aliphatic carbocycles. The minimum atomic E-state index is -5.56. The van der Waals surface area contributed by atoms with E-state index in [0.717, 1.165) is 42.7 Å². The summed E-state index contributed by atoms with van der Waals surface area (Å²) in [5.74, 6) is -7.10. The molecular formula is C26H31F6N5O2.